The van der Waals surface area contributed by atoms with Crippen molar-refractivity contribution in [3.8, 4) is 11.3 Å². The van der Waals surface area contributed by atoms with Gasteiger partial charge in [0.15, 0.2) is 0 Å². The van der Waals surface area contributed by atoms with Crippen molar-refractivity contribution in [1.29, 1.82) is 0 Å². The molecule has 4 rings (SSSR count). The molecule has 6 nitrogen and oxygen atoms in total. The van der Waals surface area contributed by atoms with Crippen molar-refractivity contribution in [2.45, 2.75) is 76.7 Å². The first-order chi connectivity index (χ1) is 17.0. The fourth-order valence-corrected chi connectivity index (χ4v) is 4.84. The molecule has 1 saturated heterocycles. The van der Waals surface area contributed by atoms with Gasteiger partial charge >= 0.3 is 12.1 Å². The number of alkyl halides is 3. The van der Waals surface area contributed by atoms with Gasteiger partial charge in [0.2, 0.25) is 0 Å². The summed E-state index contributed by atoms with van der Waals surface area (Å²) in [5, 5.41) is 14.3. The summed E-state index contributed by atoms with van der Waals surface area (Å²) in [4.78, 5) is 22.0. The highest BCUT2D eigenvalue weighted by Crippen LogP contribution is 2.31. The minimum absolute atomic E-state index is 0.0591. The Morgan fingerprint density at radius 1 is 1.14 bits per heavy atom. The predicted molar refractivity (Wildman–Crippen MR) is 129 cm³/mol. The number of halogens is 5. The van der Waals surface area contributed by atoms with E-state index in [1.807, 2.05) is 13.0 Å². The molecular weight excluding hydrogens is 502 g/mol. The summed E-state index contributed by atoms with van der Waals surface area (Å²) < 4.78 is 48.5. The Kier molecular flexibility index (Phi) is 9.41. The van der Waals surface area contributed by atoms with Crippen LogP contribution < -0.4 is 10.6 Å². The van der Waals surface area contributed by atoms with E-state index in [1.54, 1.807) is 12.1 Å². The van der Waals surface area contributed by atoms with Crippen LogP contribution in [-0.2, 0) is 11.3 Å². The van der Waals surface area contributed by atoms with Crippen molar-refractivity contribution < 1.29 is 32.3 Å². The summed E-state index contributed by atoms with van der Waals surface area (Å²) in [6.45, 7) is 3.67. The number of rotatable bonds is 5. The highest BCUT2D eigenvalue weighted by Gasteiger charge is 2.38. The zero-order valence-electron chi connectivity index (χ0n) is 19.9. The van der Waals surface area contributed by atoms with E-state index < -0.39 is 12.1 Å². The molecule has 1 aromatic heterocycles. The van der Waals surface area contributed by atoms with Gasteiger partial charge in [0.05, 0.1) is 11.3 Å². The van der Waals surface area contributed by atoms with E-state index in [2.05, 4.69) is 15.2 Å². The number of hydrogen-bond donors (Lipinski definition) is 3. The van der Waals surface area contributed by atoms with Crippen LogP contribution in [0, 0.1) is 12.7 Å². The maximum Gasteiger partial charge on any atom is 0.490 e. The Morgan fingerprint density at radius 2 is 1.81 bits per heavy atom. The molecule has 0 radical (unpaired) electrons. The average Bonchev–Trinajstić information content (AvgIpc) is 3.45. The molecule has 0 spiro atoms. The van der Waals surface area contributed by atoms with Crippen LogP contribution >= 0.6 is 11.6 Å². The number of nitrogens with zero attached hydrogens (tertiary/aromatic N) is 1. The molecule has 1 aliphatic heterocycles. The number of amides is 1. The molecule has 3 N–H and O–H groups in total. The summed E-state index contributed by atoms with van der Waals surface area (Å²) in [5.41, 5.74) is 2.66. The monoisotopic (exact) mass is 531 g/mol. The third-order valence-electron chi connectivity index (χ3n) is 6.56. The standard InChI is InChI=1S/C23H29ClFN3O.C2HF3O2/c1-15-19(23(29)27-17-6-3-2-4-7-17)13-22(20-12-16(24)9-10-21(20)25)28(15)14-18-8-5-11-26-18;3-2(4,5)1(6)7/h9-10,12-13,17-18,26H,2-8,11,14H2,1H3,(H,27,29);(H,6,7). The number of nitrogens with one attached hydrogen (secondary N) is 2. The van der Waals surface area contributed by atoms with Crippen LogP contribution in [0.5, 0.6) is 0 Å². The van der Waals surface area contributed by atoms with E-state index in [0.717, 1.165) is 50.8 Å². The predicted octanol–water partition coefficient (Wildman–Crippen LogP) is 5.70. The number of aliphatic carboxylic acids is 1. The van der Waals surface area contributed by atoms with Gasteiger partial charge in [-0.05, 0) is 63.4 Å². The van der Waals surface area contributed by atoms with E-state index in [9.17, 15) is 22.4 Å². The smallest absolute Gasteiger partial charge is 0.475 e. The molecule has 11 heteroatoms. The second kappa shape index (κ2) is 12.1. The topological polar surface area (TPSA) is 83.4 Å². The minimum atomic E-state index is -5.08. The first-order valence-electron chi connectivity index (χ1n) is 12.0. The summed E-state index contributed by atoms with van der Waals surface area (Å²) in [7, 11) is 0. The molecule has 2 heterocycles. The van der Waals surface area contributed by atoms with Gasteiger partial charge in [0.25, 0.3) is 5.91 Å². The van der Waals surface area contributed by atoms with E-state index in [0.29, 0.717) is 34.4 Å². The van der Waals surface area contributed by atoms with Crippen molar-refractivity contribution in [3.63, 3.8) is 0 Å². The number of benzene rings is 1. The molecule has 2 aromatic rings. The van der Waals surface area contributed by atoms with Crippen LogP contribution in [-0.4, -0.2) is 46.4 Å². The van der Waals surface area contributed by atoms with Crippen LogP contribution in [0.2, 0.25) is 5.02 Å². The lowest BCUT2D eigenvalue weighted by Gasteiger charge is -2.22. The van der Waals surface area contributed by atoms with Crippen molar-refractivity contribution in [2.75, 3.05) is 6.54 Å². The van der Waals surface area contributed by atoms with Gasteiger partial charge in [0, 0.05) is 34.9 Å². The molecule has 1 amide bonds. The van der Waals surface area contributed by atoms with Gasteiger partial charge < -0.3 is 20.3 Å². The fourth-order valence-electron chi connectivity index (χ4n) is 4.67. The van der Waals surface area contributed by atoms with Crippen LogP contribution in [0.25, 0.3) is 11.3 Å². The number of carboxylic acids is 1. The van der Waals surface area contributed by atoms with E-state index in [1.165, 1.54) is 12.5 Å². The van der Waals surface area contributed by atoms with Gasteiger partial charge in [-0.15, -0.1) is 0 Å². The molecule has 0 bridgehead atoms. The fraction of sp³-hybridized carbons (Fsp3) is 0.520. The van der Waals surface area contributed by atoms with Crippen molar-refractivity contribution in [3.05, 3.63) is 46.4 Å². The van der Waals surface area contributed by atoms with Gasteiger partial charge in [-0.1, -0.05) is 30.9 Å². The van der Waals surface area contributed by atoms with Gasteiger partial charge in [-0.2, -0.15) is 13.2 Å². The van der Waals surface area contributed by atoms with Crippen LogP contribution in [0.1, 0.15) is 61.0 Å². The third-order valence-corrected chi connectivity index (χ3v) is 6.80. The number of carbonyl (C=O) groups excluding carboxylic acids is 1. The number of carbonyl (C=O) groups is 2. The maximum absolute atomic E-state index is 14.7. The lowest BCUT2D eigenvalue weighted by molar-refractivity contribution is -0.192. The third kappa shape index (κ3) is 7.22. The zero-order valence-corrected chi connectivity index (χ0v) is 20.7. The summed E-state index contributed by atoms with van der Waals surface area (Å²) in [6.07, 6.45) is 2.78. The Labute approximate surface area is 212 Å². The first-order valence-corrected chi connectivity index (χ1v) is 12.3. The highest BCUT2D eigenvalue weighted by atomic mass is 35.5. The quantitative estimate of drug-likeness (QED) is 0.432. The number of aromatic nitrogens is 1. The number of hydrogen-bond acceptors (Lipinski definition) is 3. The molecule has 2 aliphatic rings. The Hall–Kier alpha value is -2.59. The Balaban J connectivity index is 0.000000454. The molecule has 36 heavy (non-hydrogen) atoms. The maximum atomic E-state index is 14.7. The van der Waals surface area contributed by atoms with Crippen molar-refractivity contribution in [1.82, 2.24) is 15.2 Å². The van der Waals surface area contributed by atoms with Gasteiger partial charge in [-0.25, -0.2) is 9.18 Å². The lowest BCUT2D eigenvalue weighted by atomic mass is 9.95. The molecule has 1 saturated carbocycles. The Bertz CT molecular complexity index is 1080. The van der Waals surface area contributed by atoms with Crippen LogP contribution in [0.3, 0.4) is 0 Å². The van der Waals surface area contributed by atoms with Crippen molar-refractivity contribution >= 4 is 23.5 Å². The molecular formula is C25H30ClF4N3O3. The van der Waals surface area contributed by atoms with Crippen molar-refractivity contribution in [2.24, 2.45) is 0 Å². The highest BCUT2D eigenvalue weighted by molar-refractivity contribution is 6.30. The largest absolute Gasteiger partial charge is 0.490 e. The molecule has 1 aromatic carbocycles. The molecule has 198 valence electrons. The molecule has 1 aliphatic carbocycles. The lowest BCUT2D eigenvalue weighted by Crippen LogP contribution is -2.36. The molecule has 2 fully saturated rings. The SMILES string of the molecule is Cc1c(C(=O)NC2CCCCC2)cc(-c2cc(Cl)ccc2F)n1CC1CCCN1.O=C(O)C(F)(F)F. The van der Waals surface area contributed by atoms with Gasteiger partial charge in [0.1, 0.15) is 5.82 Å². The van der Waals surface area contributed by atoms with E-state index in [-0.39, 0.29) is 17.8 Å². The second-order valence-corrected chi connectivity index (χ2v) is 9.60. The van der Waals surface area contributed by atoms with Crippen LogP contribution in [0.4, 0.5) is 17.6 Å². The van der Waals surface area contributed by atoms with Crippen LogP contribution in [0.15, 0.2) is 24.3 Å². The first kappa shape index (κ1) is 28.0. The minimum Gasteiger partial charge on any atom is -0.475 e. The second-order valence-electron chi connectivity index (χ2n) is 9.17. The molecule has 1 unspecified atom stereocenters. The summed E-state index contributed by atoms with van der Waals surface area (Å²) in [6, 6.07) is 6.98. The summed E-state index contributed by atoms with van der Waals surface area (Å²) >= 11 is 6.16. The van der Waals surface area contributed by atoms with Gasteiger partial charge in [-0.3, -0.25) is 4.79 Å². The normalized spacial score (nSPS) is 18.4. The summed E-state index contributed by atoms with van der Waals surface area (Å²) in [5.74, 6) is -3.14. The average molecular weight is 532 g/mol. The number of carboxylic acid groups (broad SMARTS) is 1. The van der Waals surface area contributed by atoms with E-state index >= 15 is 0 Å². The Morgan fingerprint density at radius 3 is 2.39 bits per heavy atom. The molecule has 1 atom stereocenters. The zero-order chi connectivity index (χ0) is 26.5. The van der Waals surface area contributed by atoms with E-state index in [4.69, 9.17) is 21.5 Å².